The predicted molar refractivity (Wildman–Crippen MR) is 79.1 cm³/mol. The topological polar surface area (TPSA) is 23.8 Å². The van der Waals surface area contributed by atoms with Crippen LogP contribution in [0, 0.1) is 0 Å². The minimum atomic E-state index is -4.21. The first-order chi connectivity index (χ1) is 10.3. The third kappa shape index (κ3) is 2.33. The number of alkyl halides is 3. The van der Waals surface area contributed by atoms with Crippen molar-refractivity contribution < 1.29 is 13.2 Å². The first-order valence-corrected chi connectivity index (χ1v) is 7.25. The van der Waals surface area contributed by atoms with Crippen molar-refractivity contribution >= 4 is 11.3 Å². The summed E-state index contributed by atoms with van der Waals surface area (Å²) in [4.78, 5) is 7.54. The highest BCUT2D eigenvalue weighted by Gasteiger charge is 2.57. The van der Waals surface area contributed by atoms with E-state index < -0.39 is 11.7 Å². The largest absolute Gasteiger partial charge is 0.406 e. The molecule has 0 saturated carbocycles. The predicted octanol–water partition coefficient (Wildman–Crippen LogP) is 2.80. The molecule has 0 amide bonds. The summed E-state index contributed by atoms with van der Waals surface area (Å²) in [6.45, 7) is 0.767. The number of fused-ring (bicyclic) bond motifs is 1. The van der Waals surface area contributed by atoms with E-state index in [4.69, 9.17) is 0 Å². The van der Waals surface area contributed by atoms with E-state index in [-0.39, 0.29) is 12.8 Å². The molecule has 120 valence electrons. The van der Waals surface area contributed by atoms with Gasteiger partial charge in [-0.25, -0.2) is 4.98 Å². The van der Waals surface area contributed by atoms with Crippen LogP contribution in [0.1, 0.15) is 12.8 Å². The van der Waals surface area contributed by atoms with Crippen LogP contribution in [0.2, 0.25) is 0 Å². The van der Waals surface area contributed by atoms with Gasteiger partial charge in [0, 0.05) is 43.4 Å². The zero-order chi connectivity index (χ0) is 16.0. The summed E-state index contributed by atoms with van der Waals surface area (Å²) >= 11 is 0. The van der Waals surface area contributed by atoms with Gasteiger partial charge in [0.25, 0.3) is 0 Å². The fourth-order valence-corrected chi connectivity index (χ4v) is 3.22. The van der Waals surface area contributed by atoms with E-state index in [0.717, 1.165) is 11.3 Å². The zero-order valence-electron chi connectivity index (χ0n) is 12.6. The number of pyridine rings is 1. The van der Waals surface area contributed by atoms with Crippen LogP contribution in [-0.2, 0) is 0 Å². The van der Waals surface area contributed by atoms with Gasteiger partial charge in [-0.2, -0.15) is 13.2 Å². The Hall–Kier alpha value is -1.76. The lowest BCUT2D eigenvalue weighted by molar-refractivity contribution is -0.231. The number of hydrogen-bond donors (Lipinski definition) is 0. The van der Waals surface area contributed by atoms with Crippen LogP contribution in [0.15, 0.2) is 30.7 Å². The summed E-state index contributed by atoms with van der Waals surface area (Å²) in [5.74, 6) is 0. The van der Waals surface area contributed by atoms with Gasteiger partial charge in [-0.1, -0.05) is 0 Å². The van der Waals surface area contributed by atoms with E-state index >= 15 is 0 Å². The van der Waals surface area contributed by atoms with Gasteiger partial charge in [0.05, 0.1) is 0 Å². The van der Waals surface area contributed by atoms with Crippen molar-refractivity contribution in [2.75, 3.05) is 32.1 Å². The summed E-state index contributed by atoms with van der Waals surface area (Å²) in [7, 11) is 3.03. The number of imidazole rings is 1. The molecule has 0 aliphatic carbocycles. The van der Waals surface area contributed by atoms with Crippen molar-refractivity contribution in [3.05, 3.63) is 30.7 Å². The highest BCUT2D eigenvalue weighted by atomic mass is 19.4. The minimum Gasteiger partial charge on any atom is -0.371 e. The first kappa shape index (κ1) is 15.1. The first-order valence-electron chi connectivity index (χ1n) is 7.25. The van der Waals surface area contributed by atoms with E-state index in [1.807, 2.05) is 33.8 Å². The third-order valence-electron chi connectivity index (χ3n) is 4.72. The van der Waals surface area contributed by atoms with Gasteiger partial charge in [-0.05, 0) is 33.0 Å². The van der Waals surface area contributed by atoms with Crippen molar-refractivity contribution in [3.63, 3.8) is 0 Å². The Balaban J connectivity index is 1.81. The average molecular weight is 312 g/mol. The molecule has 0 radical (unpaired) electrons. The molecule has 0 aromatic carbocycles. The fraction of sp³-hybridized carbons (Fsp3) is 0.533. The Bertz CT molecular complexity index is 654. The molecular weight excluding hydrogens is 293 g/mol. The fourth-order valence-electron chi connectivity index (χ4n) is 3.22. The van der Waals surface area contributed by atoms with Crippen LogP contribution in [-0.4, -0.2) is 53.2 Å². The molecule has 2 aromatic rings. The Morgan fingerprint density at radius 1 is 1.18 bits per heavy atom. The molecule has 0 unspecified atom stereocenters. The molecule has 0 spiro atoms. The van der Waals surface area contributed by atoms with Gasteiger partial charge in [-0.3, -0.25) is 4.90 Å². The SMILES string of the molecule is CN(C)C1(C(F)(F)F)CCN(c2ccn3ccnc3c2)CC1. The van der Waals surface area contributed by atoms with E-state index in [1.54, 1.807) is 6.20 Å². The lowest BCUT2D eigenvalue weighted by atomic mass is 9.85. The molecule has 1 aliphatic heterocycles. The maximum absolute atomic E-state index is 13.5. The lowest BCUT2D eigenvalue weighted by Crippen LogP contribution is -2.61. The molecule has 4 nitrogen and oxygen atoms in total. The second-order valence-corrected chi connectivity index (χ2v) is 5.99. The third-order valence-corrected chi connectivity index (χ3v) is 4.72. The summed E-state index contributed by atoms with van der Waals surface area (Å²) < 4.78 is 42.3. The maximum Gasteiger partial charge on any atom is 0.406 e. The molecule has 7 heteroatoms. The van der Waals surface area contributed by atoms with Crippen molar-refractivity contribution in [2.45, 2.75) is 24.6 Å². The molecule has 1 saturated heterocycles. The van der Waals surface area contributed by atoms with Crippen LogP contribution in [0.25, 0.3) is 5.65 Å². The van der Waals surface area contributed by atoms with Gasteiger partial charge < -0.3 is 9.30 Å². The van der Waals surface area contributed by atoms with Crippen LogP contribution < -0.4 is 4.90 Å². The summed E-state index contributed by atoms with van der Waals surface area (Å²) in [6.07, 6.45) is 1.36. The Morgan fingerprint density at radius 3 is 2.45 bits per heavy atom. The van der Waals surface area contributed by atoms with E-state index in [2.05, 4.69) is 4.98 Å². The van der Waals surface area contributed by atoms with Crippen molar-refractivity contribution in [2.24, 2.45) is 0 Å². The standard InChI is InChI=1S/C15H19F3N4/c1-20(2)14(15(16,17)18)4-8-21(9-5-14)12-3-7-22-10-6-19-13(22)11-12/h3,6-7,10-11H,4-5,8-9H2,1-2H3. The monoisotopic (exact) mass is 312 g/mol. The molecule has 22 heavy (non-hydrogen) atoms. The second kappa shape index (κ2) is 5.15. The van der Waals surface area contributed by atoms with Gasteiger partial charge >= 0.3 is 6.18 Å². The van der Waals surface area contributed by atoms with E-state index in [1.165, 1.54) is 19.0 Å². The van der Waals surface area contributed by atoms with Crippen molar-refractivity contribution in [1.82, 2.24) is 14.3 Å². The van der Waals surface area contributed by atoms with Crippen LogP contribution in [0.4, 0.5) is 18.9 Å². The van der Waals surface area contributed by atoms with Gasteiger partial charge in [0.2, 0.25) is 0 Å². The number of piperidine rings is 1. The molecule has 0 atom stereocenters. The molecular formula is C15H19F3N4. The van der Waals surface area contributed by atoms with Gasteiger partial charge in [-0.15, -0.1) is 0 Å². The van der Waals surface area contributed by atoms with Crippen molar-refractivity contribution in [1.29, 1.82) is 0 Å². The summed E-state index contributed by atoms with van der Waals surface area (Å²) in [5.41, 5.74) is 0.00646. The van der Waals surface area contributed by atoms with Crippen LogP contribution >= 0.6 is 0 Å². The Kier molecular flexibility index (Phi) is 3.55. The second-order valence-electron chi connectivity index (χ2n) is 5.99. The average Bonchev–Trinajstić information content (AvgIpc) is 2.93. The number of nitrogens with zero attached hydrogens (tertiary/aromatic N) is 4. The minimum absolute atomic E-state index is 0.0725. The molecule has 1 aliphatic rings. The molecule has 3 rings (SSSR count). The highest BCUT2D eigenvalue weighted by Crippen LogP contribution is 2.42. The molecule has 2 aromatic heterocycles. The summed E-state index contributed by atoms with van der Waals surface area (Å²) in [6, 6.07) is 3.83. The molecule has 0 N–H and O–H groups in total. The zero-order valence-corrected chi connectivity index (χ0v) is 12.6. The van der Waals surface area contributed by atoms with Gasteiger partial charge in [0.15, 0.2) is 0 Å². The van der Waals surface area contributed by atoms with Crippen LogP contribution in [0.5, 0.6) is 0 Å². The maximum atomic E-state index is 13.5. The molecule has 1 fully saturated rings. The van der Waals surface area contributed by atoms with Crippen LogP contribution in [0.3, 0.4) is 0 Å². The number of aromatic nitrogens is 2. The quantitative estimate of drug-likeness (QED) is 0.852. The van der Waals surface area contributed by atoms with E-state index in [0.29, 0.717) is 13.1 Å². The molecule has 3 heterocycles. The lowest BCUT2D eigenvalue weighted by Gasteiger charge is -2.47. The van der Waals surface area contributed by atoms with E-state index in [9.17, 15) is 13.2 Å². The smallest absolute Gasteiger partial charge is 0.371 e. The number of hydrogen-bond acceptors (Lipinski definition) is 3. The highest BCUT2D eigenvalue weighted by molar-refractivity contribution is 5.56. The Morgan fingerprint density at radius 2 is 1.86 bits per heavy atom. The number of halogens is 3. The van der Waals surface area contributed by atoms with Crippen molar-refractivity contribution in [3.8, 4) is 0 Å². The Labute approximate surface area is 127 Å². The number of anilines is 1. The number of rotatable bonds is 2. The van der Waals surface area contributed by atoms with Gasteiger partial charge in [0.1, 0.15) is 11.2 Å². The normalized spacial score (nSPS) is 19.1. The molecule has 0 bridgehead atoms. The summed E-state index contributed by atoms with van der Waals surface area (Å²) in [5, 5.41) is 0.